The Morgan fingerprint density at radius 3 is 2.45 bits per heavy atom. The third-order valence-corrected chi connectivity index (χ3v) is 5.05. The zero-order chi connectivity index (χ0) is 22.4. The molecule has 0 aliphatic carbocycles. The Labute approximate surface area is 180 Å². The second kappa shape index (κ2) is 10.5. The number of aromatic nitrogens is 4. The molecule has 0 amide bonds. The summed E-state index contributed by atoms with van der Waals surface area (Å²) in [5, 5.41) is 9.55. The molecule has 2 heterocycles. The smallest absolute Gasteiger partial charge is 0.228 e. The van der Waals surface area contributed by atoms with Crippen LogP contribution >= 0.6 is 0 Å². The number of unbranched alkanes of at least 4 members (excludes halogenated alkanes) is 2. The Balaban J connectivity index is 2.07. The van der Waals surface area contributed by atoms with Crippen molar-refractivity contribution in [3.8, 4) is 11.3 Å². The predicted octanol–water partition coefficient (Wildman–Crippen LogP) is 3.60. The first kappa shape index (κ1) is 22.9. The molecule has 9 heteroatoms. The Morgan fingerprint density at radius 1 is 0.968 bits per heavy atom. The van der Waals surface area contributed by atoms with E-state index in [0.29, 0.717) is 48.2 Å². The van der Waals surface area contributed by atoms with Crippen molar-refractivity contribution in [2.75, 3.05) is 38.3 Å². The van der Waals surface area contributed by atoms with E-state index in [2.05, 4.69) is 19.9 Å². The number of aryl methyl sites for hydroxylation is 2. The van der Waals surface area contributed by atoms with Crippen molar-refractivity contribution in [1.29, 1.82) is 0 Å². The summed E-state index contributed by atoms with van der Waals surface area (Å²) in [5.74, 6) is -1.08. The molecular weight excluding hydrogens is 404 g/mol. The minimum Gasteiger partial charge on any atom is -0.395 e. The van der Waals surface area contributed by atoms with Crippen LogP contribution in [0.3, 0.4) is 0 Å². The Kier molecular flexibility index (Phi) is 7.75. The minimum atomic E-state index is -0.737. The summed E-state index contributed by atoms with van der Waals surface area (Å²) in [6.07, 6.45) is 2.72. The monoisotopic (exact) mass is 431 g/mol. The van der Waals surface area contributed by atoms with Crippen molar-refractivity contribution in [1.82, 2.24) is 19.9 Å². The van der Waals surface area contributed by atoms with Crippen LogP contribution in [0, 0.1) is 25.5 Å². The molecule has 0 aliphatic heterocycles. The first-order valence-electron chi connectivity index (χ1n) is 10.3. The van der Waals surface area contributed by atoms with Gasteiger partial charge in [0.1, 0.15) is 22.8 Å². The van der Waals surface area contributed by atoms with Gasteiger partial charge in [-0.2, -0.15) is 4.98 Å². The van der Waals surface area contributed by atoms with Crippen LogP contribution in [0.1, 0.15) is 30.7 Å². The number of hydrogen-bond acceptors (Lipinski definition) is 7. The largest absolute Gasteiger partial charge is 0.395 e. The van der Waals surface area contributed by atoms with Gasteiger partial charge in [0.25, 0.3) is 0 Å². The molecule has 3 aromatic rings. The summed E-state index contributed by atoms with van der Waals surface area (Å²) in [6, 6.07) is 3.34. The van der Waals surface area contributed by atoms with Crippen LogP contribution in [-0.4, -0.2) is 58.5 Å². The van der Waals surface area contributed by atoms with Crippen LogP contribution in [0.2, 0.25) is 0 Å². The second-order valence-corrected chi connectivity index (χ2v) is 7.33. The van der Waals surface area contributed by atoms with Crippen LogP contribution in [0.4, 0.5) is 14.7 Å². The molecule has 0 bridgehead atoms. The summed E-state index contributed by atoms with van der Waals surface area (Å²) in [4.78, 5) is 20.0. The van der Waals surface area contributed by atoms with E-state index in [1.165, 1.54) is 12.1 Å². The maximum Gasteiger partial charge on any atom is 0.228 e. The number of methoxy groups -OCH3 is 1. The molecule has 1 N–H and O–H groups in total. The number of aliphatic hydroxyl groups excluding tert-OH is 1. The van der Waals surface area contributed by atoms with Gasteiger partial charge < -0.3 is 14.7 Å². The highest BCUT2D eigenvalue weighted by Gasteiger charge is 2.20. The number of benzene rings is 1. The average molecular weight is 431 g/mol. The van der Waals surface area contributed by atoms with Crippen molar-refractivity contribution < 1.29 is 18.6 Å². The van der Waals surface area contributed by atoms with E-state index in [9.17, 15) is 13.9 Å². The highest BCUT2D eigenvalue weighted by molar-refractivity contribution is 5.88. The summed E-state index contributed by atoms with van der Waals surface area (Å²) in [6.45, 7) is 5.16. The van der Waals surface area contributed by atoms with Crippen molar-refractivity contribution in [3.63, 3.8) is 0 Å². The molecule has 0 saturated carbocycles. The first-order chi connectivity index (χ1) is 14.9. The first-order valence-corrected chi connectivity index (χ1v) is 10.3. The van der Waals surface area contributed by atoms with Crippen molar-refractivity contribution >= 4 is 17.1 Å². The van der Waals surface area contributed by atoms with Crippen LogP contribution in [0.15, 0.2) is 18.2 Å². The highest BCUT2D eigenvalue weighted by Crippen LogP contribution is 2.29. The number of halogens is 2. The minimum absolute atomic E-state index is 0.0850. The van der Waals surface area contributed by atoms with Gasteiger partial charge in [0.05, 0.1) is 18.0 Å². The Bertz CT molecular complexity index is 1050. The van der Waals surface area contributed by atoms with Gasteiger partial charge in [-0.3, -0.25) is 0 Å². The summed E-state index contributed by atoms with van der Waals surface area (Å²) < 4.78 is 33.2. The van der Waals surface area contributed by atoms with Gasteiger partial charge in [-0.15, -0.1) is 0 Å². The van der Waals surface area contributed by atoms with E-state index < -0.39 is 11.6 Å². The molecule has 0 unspecified atom stereocenters. The Morgan fingerprint density at radius 2 is 1.74 bits per heavy atom. The van der Waals surface area contributed by atoms with Gasteiger partial charge in [-0.05, 0) is 45.2 Å². The third kappa shape index (κ3) is 5.48. The summed E-state index contributed by atoms with van der Waals surface area (Å²) >= 11 is 0. The normalized spacial score (nSPS) is 11.3. The molecule has 0 aliphatic rings. The lowest BCUT2D eigenvalue weighted by molar-refractivity contribution is 0.192. The van der Waals surface area contributed by atoms with Gasteiger partial charge in [0.2, 0.25) is 5.95 Å². The van der Waals surface area contributed by atoms with Crippen LogP contribution in [0.5, 0.6) is 0 Å². The van der Waals surface area contributed by atoms with Crippen molar-refractivity contribution in [2.24, 2.45) is 0 Å². The fourth-order valence-electron chi connectivity index (χ4n) is 3.27. The van der Waals surface area contributed by atoms with E-state index in [1.54, 1.807) is 14.0 Å². The fraction of sp³-hybridized carbons (Fsp3) is 0.455. The SMILES string of the molecule is COCCCCCN(CCO)c1nc(-c2ccc(F)cc2F)c2nc(C)c(C)nc2n1. The standard InChI is InChI=1S/C22H27F2N5O2/c1-14-15(2)26-21-20(25-14)19(17-8-7-16(23)13-18(17)24)27-22(28-21)29(10-11-30)9-5-4-6-12-31-3/h7-8,13,30H,4-6,9-12H2,1-3H3. The zero-order valence-electron chi connectivity index (χ0n) is 18.0. The molecule has 0 saturated heterocycles. The predicted molar refractivity (Wildman–Crippen MR) is 115 cm³/mol. The number of anilines is 1. The van der Waals surface area contributed by atoms with Gasteiger partial charge in [-0.25, -0.2) is 23.7 Å². The lowest BCUT2D eigenvalue weighted by atomic mass is 10.1. The molecule has 1 aromatic carbocycles. The van der Waals surface area contributed by atoms with E-state index in [4.69, 9.17) is 4.74 Å². The molecule has 7 nitrogen and oxygen atoms in total. The second-order valence-electron chi connectivity index (χ2n) is 7.33. The van der Waals surface area contributed by atoms with Crippen LogP contribution in [0.25, 0.3) is 22.4 Å². The molecule has 2 aromatic heterocycles. The topological polar surface area (TPSA) is 84.3 Å². The van der Waals surface area contributed by atoms with E-state index in [0.717, 1.165) is 25.3 Å². The molecule has 166 valence electrons. The van der Waals surface area contributed by atoms with Crippen molar-refractivity contribution in [3.05, 3.63) is 41.2 Å². The Hall–Kier alpha value is -2.78. The molecule has 0 fully saturated rings. The van der Waals surface area contributed by atoms with E-state index in [-0.39, 0.29) is 17.9 Å². The average Bonchev–Trinajstić information content (AvgIpc) is 2.73. The van der Waals surface area contributed by atoms with E-state index in [1.807, 2.05) is 11.8 Å². The number of hydrogen-bond donors (Lipinski definition) is 1. The molecule has 0 radical (unpaired) electrons. The number of rotatable bonds is 10. The molecule has 0 atom stereocenters. The fourth-order valence-corrected chi connectivity index (χ4v) is 3.27. The molecule has 3 rings (SSSR count). The van der Waals surface area contributed by atoms with Crippen molar-refractivity contribution in [2.45, 2.75) is 33.1 Å². The lowest BCUT2D eigenvalue weighted by Crippen LogP contribution is -2.30. The molecular formula is C22H27F2N5O2. The zero-order valence-corrected chi connectivity index (χ0v) is 18.0. The number of fused-ring (bicyclic) bond motifs is 1. The summed E-state index contributed by atoms with van der Waals surface area (Å²) in [5.41, 5.74) is 2.43. The number of ether oxygens (including phenoxy) is 1. The maximum atomic E-state index is 14.6. The molecule has 31 heavy (non-hydrogen) atoms. The number of nitrogens with zero attached hydrogens (tertiary/aromatic N) is 5. The van der Waals surface area contributed by atoms with Crippen LogP contribution in [-0.2, 0) is 4.74 Å². The highest BCUT2D eigenvalue weighted by atomic mass is 19.1. The quantitative estimate of drug-likeness (QED) is 0.491. The van der Waals surface area contributed by atoms with E-state index >= 15 is 0 Å². The van der Waals surface area contributed by atoms with Gasteiger partial charge in [-0.1, -0.05) is 0 Å². The molecule has 0 spiro atoms. The summed E-state index contributed by atoms with van der Waals surface area (Å²) in [7, 11) is 1.67. The van der Waals surface area contributed by atoms with Gasteiger partial charge >= 0.3 is 0 Å². The third-order valence-electron chi connectivity index (χ3n) is 5.05. The van der Waals surface area contributed by atoms with Gasteiger partial charge in [0.15, 0.2) is 5.65 Å². The van der Waals surface area contributed by atoms with Gasteiger partial charge in [0, 0.05) is 38.4 Å². The van der Waals surface area contributed by atoms with Crippen LogP contribution < -0.4 is 4.90 Å². The maximum absolute atomic E-state index is 14.6. The number of aliphatic hydroxyl groups is 1. The lowest BCUT2D eigenvalue weighted by Gasteiger charge is -2.22.